The van der Waals surface area contributed by atoms with Crippen molar-refractivity contribution < 1.29 is 4.79 Å². The molecule has 1 rings (SSSR count). The van der Waals surface area contributed by atoms with Gasteiger partial charge in [0.25, 0.3) is 0 Å². The highest BCUT2D eigenvalue weighted by Crippen LogP contribution is 2.15. The third kappa shape index (κ3) is 5.06. The molecule has 0 bridgehead atoms. The van der Waals surface area contributed by atoms with Gasteiger partial charge in [-0.3, -0.25) is 9.79 Å². The first-order valence-electron chi connectivity index (χ1n) is 6.36. The predicted molar refractivity (Wildman–Crippen MR) is 85.6 cm³/mol. The Hall–Kier alpha value is -2.43. The average Bonchev–Trinajstić information content (AvgIpc) is 2.44. The second kappa shape index (κ2) is 7.89. The van der Waals surface area contributed by atoms with Crippen molar-refractivity contribution in [3.8, 4) is 0 Å². The Labute approximate surface area is 119 Å². The molecule has 1 aromatic carbocycles. The van der Waals surface area contributed by atoms with E-state index in [9.17, 15) is 4.79 Å². The van der Waals surface area contributed by atoms with Gasteiger partial charge in [0.05, 0.1) is 6.34 Å². The van der Waals surface area contributed by atoms with Gasteiger partial charge in [0.1, 0.15) is 5.84 Å². The van der Waals surface area contributed by atoms with Gasteiger partial charge in [0.15, 0.2) is 0 Å². The van der Waals surface area contributed by atoms with Crippen LogP contribution in [0.3, 0.4) is 0 Å². The topological polar surface area (TPSA) is 65.8 Å². The lowest BCUT2D eigenvalue weighted by Gasteiger charge is -2.09. The van der Waals surface area contributed by atoms with Gasteiger partial charge in [0.2, 0.25) is 5.91 Å². The second-order valence-corrected chi connectivity index (χ2v) is 4.41. The zero-order valence-corrected chi connectivity index (χ0v) is 12.1. The number of rotatable bonds is 5. The SMILES string of the molecule is C=CC(N=CNc1cccc(NC(=O)C(C)C)c1)=NC. The van der Waals surface area contributed by atoms with Crippen LogP contribution < -0.4 is 10.6 Å². The number of amidine groups is 1. The molecule has 0 saturated carbocycles. The van der Waals surface area contributed by atoms with Crippen LogP contribution in [0.4, 0.5) is 11.4 Å². The maximum Gasteiger partial charge on any atom is 0.226 e. The minimum absolute atomic E-state index is 0.0112. The summed E-state index contributed by atoms with van der Waals surface area (Å²) >= 11 is 0. The standard InChI is InChI=1S/C15H20N4O/c1-5-14(16-4)18-10-17-12-7-6-8-13(9-12)19-15(20)11(2)3/h5-11H,1H2,2-4H3,(H,19,20)(H,16,17,18). The van der Waals surface area contributed by atoms with Crippen molar-refractivity contribution in [2.75, 3.05) is 17.7 Å². The highest BCUT2D eigenvalue weighted by atomic mass is 16.1. The van der Waals surface area contributed by atoms with Gasteiger partial charge in [-0.25, -0.2) is 4.99 Å². The lowest BCUT2D eigenvalue weighted by molar-refractivity contribution is -0.118. The van der Waals surface area contributed by atoms with Crippen molar-refractivity contribution in [2.24, 2.45) is 15.9 Å². The van der Waals surface area contributed by atoms with Crippen molar-refractivity contribution >= 4 is 29.5 Å². The van der Waals surface area contributed by atoms with Crippen molar-refractivity contribution in [1.29, 1.82) is 0 Å². The van der Waals surface area contributed by atoms with E-state index in [4.69, 9.17) is 0 Å². The number of hydrogen-bond acceptors (Lipinski definition) is 2. The monoisotopic (exact) mass is 272 g/mol. The fourth-order valence-electron chi connectivity index (χ4n) is 1.35. The first kappa shape index (κ1) is 15.6. The number of carbonyl (C=O) groups is 1. The Morgan fingerprint density at radius 1 is 1.35 bits per heavy atom. The van der Waals surface area contributed by atoms with E-state index in [1.807, 2.05) is 38.1 Å². The van der Waals surface area contributed by atoms with E-state index in [0.29, 0.717) is 5.84 Å². The molecular formula is C15H20N4O. The smallest absolute Gasteiger partial charge is 0.226 e. The quantitative estimate of drug-likeness (QED) is 0.639. The van der Waals surface area contributed by atoms with Crippen molar-refractivity contribution in [3.05, 3.63) is 36.9 Å². The summed E-state index contributed by atoms with van der Waals surface area (Å²) in [6.45, 7) is 7.31. The molecule has 0 fully saturated rings. The molecule has 1 aromatic rings. The molecule has 1 amide bonds. The van der Waals surface area contributed by atoms with Crippen molar-refractivity contribution in [1.82, 2.24) is 0 Å². The van der Waals surface area contributed by atoms with Crippen LogP contribution in [0.25, 0.3) is 0 Å². The molecule has 0 aliphatic carbocycles. The van der Waals surface area contributed by atoms with Gasteiger partial charge in [-0.05, 0) is 24.3 Å². The van der Waals surface area contributed by atoms with E-state index in [1.165, 1.54) is 6.34 Å². The molecule has 0 unspecified atom stereocenters. The summed E-state index contributed by atoms with van der Waals surface area (Å²) in [6.07, 6.45) is 3.10. The molecule has 0 atom stereocenters. The summed E-state index contributed by atoms with van der Waals surface area (Å²) in [4.78, 5) is 19.6. The van der Waals surface area contributed by atoms with Crippen LogP contribution in [-0.4, -0.2) is 25.1 Å². The van der Waals surface area contributed by atoms with Gasteiger partial charge in [0, 0.05) is 24.3 Å². The zero-order chi connectivity index (χ0) is 15.0. The molecule has 0 saturated heterocycles. The molecular weight excluding hydrogens is 252 g/mol. The first-order valence-corrected chi connectivity index (χ1v) is 6.36. The molecule has 5 heteroatoms. The van der Waals surface area contributed by atoms with Crippen LogP contribution in [0.1, 0.15) is 13.8 Å². The molecule has 2 N–H and O–H groups in total. The lowest BCUT2D eigenvalue weighted by Crippen LogP contribution is -2.17. The highest BCUT2D eigenvalue weighted by Gasteiger charge is 2.06. The van der Waals surface area contributed by atoms with E-state index in [-0.39, 0.29) is 11.8 Å². The summed E-state index contributed by atoms with van der Waals surface area (Å²) in [7, 11) is 1.65. The Balaban J connectivity index is 2.69. The normalized spacial score (nSPS) is 11.7. The van der Waals surface area contributed by atoms with Crippen molar-refractivity contribution in [3.63, 3.8) is 0 Å². The molecule has 5 nitrogen and oxygen atoms in total. The summed E-state index contributed by atoms with van der Waals surface area (Å²) < 4.78 is 0. The van der Waals surface area contributed by atoms with Gasteiger partial charge in [-0.15, -0.1) is 0 Å². The molecule has 0 aliphatic heterocycles. The Bertz CT molecular complexity index is 532. The van der Waals surface area contributed by atoms with Crippen LogP contribution >= 0.6 is 0 Å². The van der Waals surface area contributed by atoms with Crippen LogP contribution in [0.15, 0.2) is 46.9 Å². The van der Waals surface area contributed by atoms with E-state index in [0.717, 1.165) is 11.4 Å². The summed E-state index contributed by atoms with van der Waals surface area (Å²) in [5.74, 6) is 0.480. The number of nitrogens with zero attached hydrogens (tertiary/aromatic N) is 2. The maximum atomic E-state index is 11.6. The summed E-state index contributed by atoms with van der Waals surface area (Å²) in [5.41, 5.74) is 1.57. The third-order valence-electron chi connectivity index (χ3n) is 2.49. The average molecular weight is 272 g/mol. The summed E-state index contributed by atoms with van der Waals surface area (Å²) in [5, 5.41) is 5.85. The van der Waals surface area contributed by atoms with E-state index in [2.05, 4.69) is 27.2 Å². The second-order valence-electron chi connectivity index (χ2n) is 4.41. The van der Waals surface area contributed by atoms with Gasteiger partial charge in [-0.2, -0.15) is 0 Å². The van der Waals surface area contributed by atoms with Crippen LogP contribution in [0, 0.1) is 5.92 Å². The minimum atomic E-state index is -0.0518. The van der Waals surface area contributed by atoms with Gasteiger partial charge in [-0.1, -0.05) is 26.5 Å². The molecule has 0 aromatic heterocycles. The van der Waals surface area contributed by atoms with Crippen LogP contribution in [-0.2, 0) is 4.79 Å². The maximum absolute atomic E-state index is 11.6. The van der Waals surface area contributed by atoms with Gasteiger partial charge >= 0.3 is 0 Å². The number of aliphatic imine (C=N–C) groups is 2. The number of carbonyl (C=O) groups excluding carboxylic acids is 1. The Morgan fingerprint density at radius 2 is 2.05 bits per heavy atom. The minimum Gasteiger partial charge on any atom is -0.346 e. The van der Waals surface area contributed by atoms with E-state index < -0.39 is 0 Å². The first-order chi connectivity index (χ1) is 9.56. The molecule has 0 aliphatic rings. The van der Waals surface area contributed by atoms with Gasteiger partial charge < -0.3 is 10.6 Å². The molecule has 106 valence electrons. The molecule has 0 spiro atoms. The molecule has 0 heterocycles. The number of hydrogen-bond donors (Lipinski definition) is 2. The predicted octanol–water partition coefficient (Wildman–Crippen LogP) is 2.94. The molecule has 0 radical (unpaired) electrons. The van der Waals surface area contributed by atoms with E-state index in [1.54, 1.807) is 13.1 Å². The molecule has 20 heavy (non-hydrogen) atoms. The Kier molecular flexibility index (Phi) is 6.16. The van der Waals surface area contributed by atoms with Crippen molar-refractivity contribution in [2.45, 2.75) is 13.8 Å². The third-order valence-corrected chi connectivity index (χ3v) is 2.49. The van der Waals surface area contributed by atoms with Crippen LogP contribution in [0.2, 0.25) is 0 Å². The summed E-state index contributed by atoms with van der Waals surface area (Å²) in [6, 6.07) is 7.41. The van der Waals surface area contributed by atoms with Crippen LogP contribution in [0.5, 0.6) is 0 Å². The number of amides is 1. The largest absolute Gasteiger partial charge is 0.346 e. The fourth-order valence-corrected chi connectivity index (χ4v) is 1.35. The number of nitrogens with one attached hydrogen (secondary N) is 2. The fraction of sp³-hybridized carbons (Fsp3) is 0.267. The zero-order valence-electron chi connectivity index (χ0n) is 12.1. The highest BCUT2D eigenvalue weighted by molar-refractivity contribution is 5.99. The number of anilines is 2. The van der Waals surface area contributed by atoms with E-state index >= 15 is 0 Å². The Morgan fingerprint density at radius 3 is 2.65 bits per heavy atom. The lowest BCUT2D eigenvalue weighted by atomic mass is 10.2. The number of benzene rings is 1.